The Balaban J connectivity index is 2.09. The van der Waals surface area contributed by atoms with Gasteiger partial charge < -0.3 is 10.1 Å². The van der Waals surface area contributed by atoms with Crippen LogP contribution in [0.1, 0.15) is 36.1 Å². The van der Waals surface area contributed by atoms with E-state index in [9.17, 15) is 0 Å². The smallest absolute Gasteiger partial charge is 0.0625 e. The van der Waals surface area contributed by atoms with Gasteiger partial charge in [0.25, 0.3) is 0 Å². The summed E-state index contributed by atoms with van der Waals surface area (Å²) in [5, 5.41) is 5.65. The van der Waals surface area contributed by atoms with Gasteiger partial charge in [-0.2, -0.15) is 0 Å². The standard InChI is InChI=1S/C13H21NOS/c1-3-15-9-12(14-2)10-5-4-6-13-11(10)7-8-16-13/h7-8,10,12,14H,3-6,9H2,1-2H3. The lowest BCUT2D eigenvalue weighted by molar-refractivity contribution is 0.114. The topological polar surface area (TPSA) is 21.3 Å². The van der Waals surface area contributed by atoms with E-state index in [1.54, 1.807) is 10.4 Å². The summed E-state index contributed by atoms with van der Waals surface area (Å²) in [5.74, 6) is 0.645. The predicted molar refractivity (Wildman–Crippen MR) is 69.3 cm³/mol. The van der Waals surface area contributed by atoms with Gasteiger partial charge in [-0.1, -0.05) is 0 Å². The van der Waals surface area contributed by atoms with Crippen molar-refractivity contribution in [2.45, 2.75) is 38.1 Å². The van der Waals surface area contributed by atoms with Crippen molar-refractivity contribution in [2.24, 2.45) is 0 Å². The summed E-state index contributed by atoms with van der Waals surface area (Å²) in [6, 6.07) is 2.77. The number of likely N-dealkylation sites (N-methyl/N-ethyl adjacent to an activating group) is 1. The van der Waals surface area contributed by atoms with Gasteiger partial charge in [-0.3, -0.25) is 0 Å². The van der Waals surface area contributed by atoms with E-state index in [2.05, 4.69) is 23.7 Å². The van der Waals surface area contributed by atoms with Crippen LogP contribution in [0, 0.1) is 0 Å². The number of hydrogen-bond donors (Lipinski definition) is 1. The van der Waals surface area contributed by atoms with Crippen molar-refractivity contribution in [3.05, 3.63) is 21.9 Å². The van der Waals surface area contributed by atoms with Crippen LogP contribution in [0.4, 0.5) is 0 Å². The molecule has 0 amide bonds. The SMILES string of the molecule is CCOCC(NC)C1CCCc2sccc21. The van der Waals surface area contributed by atoms with Gasteiger partial charge in [0.15, 0.2) is 0 Å². The van der Waals surface area contributed by atoms with Gasteiger partial charge in [0.05, 0.1) is 6.61 Å². The third-order valence-electron chi connectivity index (χ3n) is 3.46. The molecule has 1 aliphatic rings. The molecule has 3 heteroatoms. The highest BCUT2D eigenvalue weighted by atomic mass is 32.1. The Morgan fingerprint density at radius 2 is 2.50 bits per heavy atom. The van der Waals surface area contributed by atoms with Gasteiger partial charge in [-0.25, -0.2) is 0 Å². The Hall–Kier alpha value is -0.380. The van der Waals surface area contributed by atoms with E-state index < -0.39 is 0 Å². The van der Waals surface area contributed by atoms with E-state index in [0.29, 0.717) is 12.0 Å². The first-order valence-corrected chi connectivity index (χ1v) is 7.06. The van der Waals surface area contributed by atoms with E-state index in [0.717, 1.165) is 13.2 Å². The van der Waals surface area contributed by atoms with E-state index in [1.165, 1.54) is 19.3 Å². The second kappa shape index (κ2) is 5.80. The maximum atomic E-state index is 5.57. The van der Waals surface area contributed by atoms with E-state index in [1.807, 2.05) is 18.4 Å². The van der Waals surface area contributed by atoms with Crippen LogP contribution in [0.2, 0.25) is 0 Å². The largest absolute Gasteiger partial charge is 0.380 e. The molecule has 0 spiro atoms. The van der Waals surface area contributed by atoms with E-state index in [4.69, 9.17) is 4.74 Å². The number of ether oxygens (including phenoxy) is 1. The van der Waals surface area contributed by atoms with Crippen molar-refractivity contribution >= 4 is 11.3 Å². The number of aryl methyl sites for hydroxylation is 1. The fraction of sp³-hybridized carbons (Fsp3) is 0.692. The molecule has 1 heterocycles. The first-order chi connectivity index (χ1) is 7.86. The van der Waals surface area contributed by atoms with Gasteiger partial charge >= 0.3 is 0 Å². The third kappa shape index (κ3) is 2.47. The number of thiophene rings is 1. The molecule has 0 radical (unpaired) electrons. The van der Waals surface area contributed by atoms with Gasteiger partial charge in [0.1, 0.15) is 0 Å². The third-order valence-corrected chi connectivity index (χ3v) is 4.45. The molecule has 1 aromatic rings. The maximum absolute atomic E-state index is 5.57. The molecule has 1 aromatic heterocycles. The van der Waals surface area contributed by atoms with Crippen LogP contribution in [0.3, 0.4) is 0 Å². The zero-order valence-corrected chi connectivity index (χ0v) is 11.0. The first-order valence-electron chi connectivity index (χ1n) is 6.18. The summed E-state index contributed by atoms with van der Waals surface area (Å²) in [6.45, 7) is 3.69. The molecule has 2 atom stereocenters. The number of rotatable bonds is 5. The maximum Gasteiger partial charge on any atom is 0.0625 e. The van der Waals surface area contributed by atoms with Crippen LogP contribution in [0.15, 0.2) is 11.4 Å². The Kier molecular flexibility index (Phi) is 4.38. The van der Waals surface area contributed by atoms with Crippen LogP contribution in [0.5, 0.6) is 0 Å². The summed E-state index contributed by atoms with van der Waals surface area (Å²) in [4.78, 5) is 1.59. The van der Waals surface area contributed by atoms with Crippen LogP contribution in [-0.2, 0) is 11.2 Å². The summed E-state index contributed by atoms with van der Waals surface area (Å²) >= 11 is 1.91. The van der Waals surface area contributed by atoms with Crippen molar-refractivity contribution in [3.63, 3.8) is 0 Å². The second-order valence-corrected chi connectivity index (χ2v) is 5.35. The molecule has 0 fully saturated rings. The van der Waals surface area contributed by atoms with Gasteiger partial charge in [0.2, 0.25) is 0 Å². The van der Waals surface area contributed by atoms with E-state index in [-0.39, 0.29) is 0 Å². The van der Waals surface area contributed by atoms with Crippen molar-refractivity contribution < 1.29 is 4.74 Å². The van der Waals surface area contributed by atoms with Gasteiger partial charge in [-0.15, -0.1) is 11.3 Å². The highest BCUT2D eigenvalue weighted by Crippen LogP contribution is 2.36. The van der Waals surface area contributed by atoms with Crippen molar-refractivity contribution in [3.8, 4) is 0 Å². The molecule has 0 saturated carbocycles. The lowest BCUT2D eigenvalue weighted by Crippen LogP contribution is -2.37. The fourth-order valence-corrected chi connectivity index (χ4v) is 3.58. The molecule has 1 aliphatic carbocycles. The number of fused-ring (bicyclic) bond motifs is 1. The van der Waals surface area contributed by atoms with Gasteiger partial charge in [0, 0.05) is 23.4 Å². The van der Waals surface area contributed by atoms with Crippen LogP contribution in [0.25, 0.3) is 0 Å². The zero-order valence-electron chi connectivity index (χ0n) is 10.2. The normalized spacial score (nSPS) is 21.8. The van der Waals surface area contributed by atoms with Crippen molar-refractivity contribution in [2.75, 3.05) is 20.3 Å². The summed E-state index contributed by atoms with van der Waals surface area (Å²) in [5.41, 5.74) is 1.57. The lowest BCUT2D eigenvalue weighted by Gasteiger charge is -2.30. The first kappa shape index (κ1) is 12.1. The van der Waals surface area contributed by atoms with Crippen molar-refractivity contribution in [1.29, 1.82) is 0 Å². The Labute approximate surface area is 102 Å². The molecule has 2 rings (SSSR count). The highest BCUT2D eigenvalue weighted by molar-refractivity contribution is 7.10. The Morgan fingerprint density at radius 3 is 3.25 bits per heavy atom. The quantitative estimate of drug-likeness (QED) is 0.853. The molecule has 0 saturated heterocycles. The Morgan fingerprint density at radius 1 is 1.62 bits per heavy atom. The molecule has 0 bridgehead atoms. The minimum absolute atomic E-state index is 0.466. The number of nitrogens with one attached hydrogen (secondary N) is 1. The van der Waals surface area contributed by atoms with Crippen molar-refractivity contribution in [1.82, 2.24) is 5.32 Å². The zero-order chi connectivity index (χ0) is 11.4. The molecule has 0 aliphatic heterocycles. The van der Waals surface area contributed by atoms with Crippen LogP contribution < -0.4 is 5.32 Å². The van der Waals surface area contributed by atoms with Crippen LogP contribution >= 0.6 is 11.3 Å². The fourth-order valence-electron chi connectivity index (χ4n) is 2.59. The average molecular weight is 239 g/mol. The monoisotopic (exact) mass is 239 g/mol. The summed E-state index contributed by atoms with van der Waals surface area (Å²) < 4.78 is 5.57. The lowest BCUT2D eigenvalue weighted by atomic mass is 9.83. The summed E-state index contributed by atoms with van der Waals surface area (Å²) in [7, 11) is 2.05. The summed E-state index contributed by atoms with van der Waals surface area (Å²) in [6.07, 6.45) is 3.89. The molecular formula is C13H21NOS. The molecule has 2 nitrogen and oxygen atoms in total. The molecule has 1 N–H and O–H groups in total. The predicted octanol–water partition coefficient (Wildman–Crippen LogP) is 2.79. The van der Waals surface area contributed by atoms with Gasteiger partial charge in [-0.05, 0) is 50.2 Å². The van der Waals surface area contributed by atoms with Crippen LogP contribution in [-0.4, -0.2) is 26.3 Å². The number of hydrogen-bond acceptors (Lipinski definition) is 3. The molecule has 16 heavy (non-hydrogen) atoms. The Bertz CT molecular complexity index is 323. The average Bonchev–Trinajstić information content (AvgIpc) is 2.78. The molecule has 0 aromatic carbocycles. The molecule has 90 valence electrons. The molecular weight excluding hydrogens is 218 g/mol. The minimum atomic E-state index is 0.466. The molecule has 2 unspecified atom stereocenters. The minimum Gasteiger partial charge on any atom is -0.380 e. The second-order valence-electron chi connectivity index (χ2n) is 4.35. The highest BCUT2D eigenvalue weighted by Gasteiger charge is 2.27. The van der Waals surface area contributed by atoms with E-state index >= 15 is 0 Å².